The lowest BCUT2D eigenvalue weighted by Gasteiger charge is -2.04. The second-order valence-corrected chi connectivity index (χ2v) is 6.04. The average molecular weight is 372 g/mol. The molecule has 2 heterocycles. The normalized spacial score (nSPS) is 11.0. The topological polar surface area (TPSA) is 68.8 Å². The first-order valence-electron chi connectivity index (χ1n) is 7.92. The van der Waals surface area contributed by atoms with Crippen molar-refractivity contribution in [3.8, 4) is 17.1 Å². The van der Waals surface area contributed by atoms with Crippen molar-refractivity contribution < 1.29 is 13.9 Å². The van der Waals surface area contributed by atoms with Gasteiger partial charge in [0.2, 0.25) is 5.91 Å². The van der Waals surface area contributed by atoms with Gasteiger partial charge in [0.05, 0.1) is 24.8 Å². The minimum absolute atomic E-state index is 0.197. The number of methoxy groups -OCH3 is 1. The van der Waals surface area contributed by atoms with E-state index in [4.69, 9.17) is 20.8 Å². The van der Waals surface area contributed by atoms with Crippen molar-refractivity contribution in [1.29, 1.82) is 0 Å². The summed E-state index contributed by atoms with van der Waals surface area (Å²) in [7, 11) is 3.45. The summed E-state index contributed by atoms with van der Waals surface area (Å²) in [5, 5.41) is 4.43. The van der Waals surface area contributed by atoms with Crippen LogP contribution in [0.5, 0.6) is 5.75 Å². The molecule has 6 nitrogen and oxygen atoms in total. The lowest BCUT2D eigenvalue weighted by molar-refractivity contribution is -0.120. The number of benzene rings is 1. The lowest BCUT2D eigenvalue weighted by Crippen LogP contribution is -2.20. The molecular weight excluding hydrogens is 354 g/mol. The second-order valence-electron chi connectivity index (χ2n) is 5.63. The summed E-state index contributed by atoms with van der Waals surface area (Å²) in [5.74, 6) is 1.57. The number of furan rings is 1. The van der Waals surface area contributed by atoms with Crippen molar-refractivity contribution in [1.82, 2.24) is 9.99 Å². The third-order valence-corrected chi connectivity index (χ3v) is 4.13. The van der Waals surface area contributed by atoms with Gasteiger partial charge >= 0.3 is 0 Å². The van der Waals surface area contributed by atoms with Gasteiger partial charge in [-0.15, -0.1) is 0 Å². The van der Waals surface area contributed by atoms with Crippen LogP contribution in [0.25, 0.3) is 11.3 Å². The number of hydrogen-bond acceptors (Lipinski definition) is 4. The number of nitrogens with zero attached hydrogens (tertiary/aromatic N) is 2. The van der Waals surface area contributed by atoms with E-state index in [0.29, 0.717) is 22.3 Å². The number of rotatable bonds is 6. The number of hydrazone groups is 1. The summed E-state index contributed by atoms with van der Waals surface area (Å²) >= 11 is 6.13. The molecular formula is C19H18ClN3O3. The van der Waals surface area contributed by atoms with Crippen molar-refractivity contribution in [2.75, 3.05) is 7.11 Å². The number of aromatic nitrogens is 1. The number of ether oxygens (including phenoxy) is 1. The number of halogens is 1. The number of carbonyl (C=O) groups is 1. The van der Waals surface area contributed by atoms with Gasteiger partial charge in [-0.2, -0.15) is 5.10 Å². The van der Waals surface area contributed by atoms with E-state index in [1.54, 1.807) is 25.3 Å². The van der Waals surface area contributed by atoms with Crippen LogP contribution in [0.1, 0.15) is 11.5 Å². The third-order valence-electron chi connectivity index (χ3n) is 3.84. The van der Waals surface area contributed by atoms with Gasteiger partial charge in [0.1, 0.15) is 17.3 Å². The average Bonchev–Trinajstić information content (AvgIpc) is 3.24. The summed E-state index contributed by atoms with van der Waals surface area (Å²) in [5.41, 5.74) is 4.22. The fraction of sp³-hybridized carbons (Fsp3) is 0.158. The van der Waals surface area contributed by atoms with Gasteiger partial charge in [-0.1, -0.05) is 11.6 Å². The van der Waals surface area contributed by atoms with Crippen LogP contribution in [-0.4, -0.2) is 23.8 Å². The summed E-state index contributed by atoms with van der Waals surface area (Å²) in [6.07, 6.45) is 3.60. The number of nitrogens with one attached hydrogen (secondary N) is 1. The van der Waals surface area contributed by atoms with Gasteiger partial charge in [-0.3, -0.25) is 4.79 Å². The lowest BCUT2D eigenvalue weighted by atomic mass is 10.2. The Morgan fingerprint density at radius 1 is 1.35 bits per heavy atom. The van der Waals surface area contributed by atoms with Crippen molar-refractivity contribution >= 4 is 23.7 Å². The molecule has 0 spiro atoms. The summed E-state index contributed by atoms with van der Waals surface area (Å²) in [6.45, 7) is 0. The molecule has 0 bridgehead atoms. The first-order chi connectivity index (χ1) is 12.6. The quantitative estimate of drug-likeness (QED) is 0.531. The highest BCUT2D eigenvalue weighted by Gasteiger charge is 2.08. The van der Waals surface area contributed by atoms with E-state index in [9.17, 15) is 4.79 Å². The fourth-order valence-corrected chi connectivity index (χ4v) is 2.71. The molecule has 0 aliphatic rings. The van der Waals surface area contributed by atoms with Crippen LogP contribution >= 0.6 is 11.6 Å². The molecule has 0 aliphatic heterocycles. The van der Waals surface area contributed by atoms with Gasteiger partial charge in [-0.05, 0) is 42.5 Å². The molecule has 0 saturated heterocycles. The van der Waals surface area contributed by atoms with Gasteiger partial charge in [-0.25, -0.2) is 5.43 Å². The van der Waals surface area contributed by atoms with Crippen molar-refractivity contribution in [2.24, 2.45) is 12.1 Å². The van der Waals surface area contributed by atoms with E-state index < -0.39 is 0 Å². The first-order valence-corrected chi connectivity index (χ1v) is 8.30. The highest BCUT2D eigenvalue weighted by molar-refractivity contribution is 6.32. The summed E-state index contributed by atoms with van der Waals surface area (Å²) in [6, 6.07) is 12.8. The van der Waals surface area contributed by atoms with Crippen LogP contribution in [-0.2, 0) is 18.3 Å². The zero-order chi connectivity index (χ0) is 18.5. The number of amides is 1. The van der Waals surface area contributed by atoms with Crippen LogP contribution in [0.3, 0.4) is 0 Å². The van der Waals surface area contributed by atoms with Crippen LogP contribution in [0.15, 0.2) is 58.2 Å². The van der Waals surface area contributed by atoms with Crippen molar-refractivity contribution in [3.05, 3.63) is 65.1 Å². The Morgan fingerprint density at radius 2 is 2.19 bits per heavy atom. The molecule has 7 heteroatoms. The van der Waals surface area contributed by atoms with Crippen molar-refractivity contribution in [2.45, 2.75) is 6.42 Å². The maximum atomic E-state index is 11.9. The minimum Gasteiger partial charge on any atom is -0.495 e. The number of hydrogen-bond donors (Lipinski definition) is 1. The van der Waals surface area contributed by atoms with E-state index in [-0.39, 0.29) is 12.3 Å². The molecule has 2 aromatic heterocycles. The molecule has 1 amide bonds. The number of aryl methyl sites for hydroxylation is 1. The van der Waals surface area contributed by atoms with Crippen LogP contribution in [0.4, 0.5) is 0 Å². The Labute approximate surface area is 156 Å². The van der Waals surface area contributed by atoms with Gasteiger partial charge < -0.3 is 13.7 Å². The number of carbonyl (C=O) groups excluding carboxylic acids is 1. The molecule has 3 aromatic rings. The minimum atomic E-state index is -0.197. The standard InChI is InChI=1S/C19H18ClN3O3/c1-23-9-3-4-14(23)11-19(24)22-21-12-15-6-8-17(26-15)13-5-7-18(25-2)16(20)10-13/h3-10,12H,11H2,1-2H3,(H,22,24). The van der Waals surface area contributed by atoms with E-state index in [1.807, 2.05) is 42.1 Å². The SMILES string of the molecule is COc1ccc(-c2ccc(C=NNC(=O)Cc3cccn3C)o2)cc1Cl. The maximum Gasteiger partial charge on any atom is 0.245 e. The Bertz CT molecular complexity index is 943. The van der Waals surface area contributed by atoms with Crippen molar-refractivity contribution in [3.63, 3.8) is 0 Å². The van der Waals surface area contributed by atoms with E-state index in [2.05, 4.69) is 10.5 Å². The summed E-state index contributed by atoms with van der Waals surface area (Å²) < 4.78 is 12.7. The molecule has 134 valence electrons. The molecule has 0 radical (unpaired) electrons. The maximum absolute atomic E-state index is 11.9. The Balaban J connectivity index is 1.61. The van der Waals surface area contributed by atoms with Crippen LogP contribution in [0, 0.1) is 0 Å². The van der Waals surface area contributed by atoms with Gasteiger partial charge in [0.15, 0.2) is 0 Å². The monoisotopic (exact) mass is 371 g/mol. The Hall–Kier alpha value is -2.99. The molecule has 0 unspecified atom stereocenters. The fourth-order valence-electron chi connectivity index (χ4n) is 2.45. The van der Waals surface area contributed by atoms with E-state index in [0.717, 1.165) is 11.3 Å². The second kappa shape index (κ2) is 7.93. The Morgan fingerprint density at radius 3 is 2.88 bits per heavy atom. The molecule has 1 aromatic carbocycles. The first kappa shape index (κ1) is 17.8. The largest absolute Gasteiger partial charge is 0.495 e. The van der Waals surface area contributed by atoms with E-state index >= 15 is 0 Å². The smallest absolute Gasteiger partial charge is 0.245 e. The molecule has 26 heavy (non-hydrogen) atoms. The van der Waals surface area contributed by atoms with Crippen LogP contribution in [0.2, 0.25) is 5.02 Å². The zero-order valence-corrected chi connectivity index (χ0v) is 15.2. The Kier molecular flexibility index (Phi) is 5.43. The zero-order valence-electron chi connectivity index (χ0n) is 14.4. The molecule has 3 rings (SSSR count). The predicted octanol–water partition coefficient (Wildman–Crippen LogP) is 3.64. The van der Waals surface area contributed by atoms with Gasteiger partial charge in [0.25, 0.3) is 0 Å². The van der Waals surface area contributed by atoms with Gasteiger partial charge in [0, 0.05) is 24.5 Å². The molecule has 0 atom stereocenters. The van der Waals surface area contributed by atoms with Crippen LogP contribution < -0.4 is 10.2 Å². The molecule has 0 aliphatic carbocycles. The predicted molar refractivity (Wildman–Crippen MR) is 101 cm³/mol. The molecule has 1 N–H and O–H groups in total. The highest BCUT2D eigenvalue weighted by Crippen LogP contribution is 2.30. The van der Waals surface area contributed by atoms with E-state index in [1.165, 1.54) is 6.21 Å². The molecule has 0 fully saturated rings. The third kappa shape index (κ3) is 4.15. The summed E-state index contributed by atoms with van der Waals surface area (Å²) in [4.78, 5) is 11.9. The highest BCUT2D eigenvalue weighted by atomic mass is 35.5. The molecule has 0 saturated carbocycles.